The zero-order chi connectivity index (χ0) is 10.2. The Morgan fingerprint density at radius 1 is 0.615 bits per heavy atom. The van der Waals surface area contributed by atoms with Crippen LogP contribution in [0, 0.1) is 19.6 Å². The molecule has 0 aromatic carbocycles. The number of hydrogen-bond acceptors (Lipinski definition) is 12. The van der Waals surface area contributed by atoms with E-state index in [0.29, 0.717) is 0 Å². The fraction of sp³-hybridized carbons (Fsp3) is 0. The van der Waals surface area contributed by atoms with Gasteiger partial charge in [-0.15, -0.1) is 19.6 Å². The van der Waals surface area contributed by atoms with E-state index in [4.69, 9.17) is 0 Å². The highest BCUT2D eigenvalue weighted by Gasteiger charge is 2.65. The fourth-order valence-electron chi connectivity index (χ4n) is 0.283. The van der Waals surface area contributed by atoms with Gasteiger partial charge in [0.05, 0.1) is 0 Å². The molecule has 0 N–H and O–H groups in total. The summed E-state index contributed by atoms with van der Waals surface area (Å²) < 4.78 is 14.4. The first-order valence-electron chi connectivity index (χ1n) is 2.28. The predicted octanol–water partition coefficient (Wildman–Crippen LogP) is 0.214. The first-order chi connectivity index (χ1) is 6.24. The van der Waals surface area contributed by atoms with Crippen LogP contribution in [0.3, 0.4) is 0 Å². The second kappa shape index (κ2) is 5.47. The smallest absolute Gasteiger partial charge is 0.306 e. The highest BCUT2D eigenvalue weighted by Crippen LogP contribution is 2.13. The molecule has 0 amide bonds. The maximum absolute atomic E-state index is 9.54. The minimum atomic E-state index is -4.71. The third kappa shape index (κ3) is 3.14. The fourth-order valence-corrected chi connectivity index (χ4v) is 0.848. The number of rotatable bonds is 8. The Hall–Kier alpha value is -2.18. The van der Waals surface area contributed by atoms with Crippen LogP contribution in [0.4, 0.5) is 0 Å². The first-order valence-corrected chi connectivity index (χ1v) is 3.91. The Bertz CT molecular complexity index is 157. The molecule has 0 aliphatic heterocycles. The van der Waals surface area contributed by atoms with E-state index in [0.717, 1.165) is 0 Å². The average molecular weight is 212 g/mol. The van der Waals surface area contributed by atoms with Gasteiger partial charge in [-0.2, -0.15) is 0 Å². The van der Waals surface area contributed by atoms with Crippen LogP contribution < -0.4 is 0 Å². The Labute approximate surface area is 69.3 Å². The summed E-state index contributed by atoms with van der Waals surface area (Å²) in [6, 6.07) is 0. The van der Waals surface area contributed by atoms with E-state index in [2.05, 4.69) is 18.1 Å². The van der Waals surface area contributed by atoms with Crippen molar-refractivity contribution in [1.82, 2.24) is 0 Å². The summed E-state index contributed by atoms with van der Waals surface area (Å²) in [5, 5.41) is 6.82. The molecule has 0 atom stereocenters. The van der Waals surface area contributed by atoms with Crippen LogP contribution in [0.1, 0.15) is 0 Å². The van der Waals surface area contributed by atoms with E-state index < -0.39 is 9.05 Å². The average Bonchev–Trinajstić information content (AvgIpc) is 2.06. The van der Waals surface area contributed by atoms with Crippen LogP contribution in [0.15, 0.2) is 21.4 Å². The third-order valence-corrected chi connectivity index (χ3v) is 1.79. The lowest BCUT2D eigenvalue weighted by Gasteiger charge is -2.08. The third-order valence-electron chi connectivity index (χ3n) is 0.596. The number of hydrogen-bond donors (Lipinski definition) is 0. The molecule has 13 heteroatoms. The topological polar surface area (TPSA) is 155 Å². The lowest BCUT2D eigenvalue weighted by Crippen LogP contribution is -2.43. The lowest BCUT2D eigenvalue weighted by atomic mass is 13.4. The lowest BCUT2D eigenvalue weighted by molar-refractivity contribution is -0.0356. The normalized spacial score (nSPS) is 9.23. The second-order valence-electron chi connectivity index (χ2n) is 1.16. The van der Waals surface area contributed by atoms with Crippen LogP contribution in [-0.2, 0) is 18.1 Å². The maximum Gasteiger partial charge on any atom is 1.06 e. The van der Waals surface area contributed by atoms with Crippen molar-refractivity contribution in [3.63, 3.8) is 0 Å². The minimum Gasteiger partial charge on any atom is -0.306 e. The van der Waals surface area contributed by atoms with Crippen molar-refractivity contribution in [2.24, 2.45) is 21.4 Å². The van der Waals surface area contributed by atoms with Crippen molar-refractivity contribution >= 4 is 9.05 Å². The first kappa shape index (κ1) is 10.8. The molecule has 13 heavy (non-hydrogen) atoms. The van der Waals surface area contributed by atoms with Gasteiger partial charge in [-0.05, 0) is 0 Å². The van der Waals surface area contributed by atoms with Gasteiger partial charge in [-0.1, -0.05) is 0 Å². The van der Waals surface area contributed by atoms with Crippen molar-refractivity contribution in [1.29, 1.82) is 0 Å². The molecule has 0 aromatic rings. The summed E-state index contributed by atoms with van der Waals surface area (Å²) in [5.74, 6) is 0. The standard InChI is InChI=1S/N4O8Si/c5-1-9-13(10-2-6,11-3-7)12-4-8. The van der Waals surface area contributed by atoms with Gasteiger partial charge in [-0.3, -0.25) is 0 Å². The molecule has 12 nitrogen and oxygen atoms in total. The van der Waals surface area contributed by atoms with Gasteiger partial charge in [0.15, 0.2) is 0 Å². The summed E-state index contributed by atoms with van der Waals surface area (Å²) in [6.45, 7) is 0. The molecule has 0 aliphatic rings. The van der Waals surface area contributed by atoms with Crippen LogP contribution in [-0.4, -0.2) is 9.05 Å². The molecule has 0 radical (unpaired) electrons. The summed E-state index contributed by atoms with van der Waals surface area (Å²) >= 11 is 0. The maximum atomic E-state index is 9.54. The zero-order valence-electron chi connectivity index (χ0n) is 5.55. The van der Waals surface area contributed by atoms with Crippen molar-refractivity contribution < 1.29 is 18.1 Å². The van der Waals surface area contributed by atoms with Gasteiger partial charge in [0.25, 0.3) is 0 Å². The Balaban J connectivity index is 4.53. The van der Waals surface area contributed by atoms with E-state index in [1.165, 1.54) is 0 Å². The molecular formula is N4O8Si. The van der Waals surface area contributed by atoms with Gasteiger partial charge >= 0.3 is 9.05 Å². The van der Waals surface area contributed by atoms with Gasteiger partial charge in [0.2, 0.25) is 0 Å². The van der Waals surface area contributed by atoms with E-state index >= 15 is 0 Å². The Kier molecular flexibility index (Phi) is 4.55. The molecule has 72 valence electrons. The van der Waals surface area contributed by atoms with Crippen molar-refractivity contribution in [2.45, 2.75) is 0 Å². The highest BCUT2D eigenvalue weighted by molar-refractivity contribution is 6.53. The molecule has 0 aliphatic carbocycles. The Morgan fingerprint density at radius 2 is 0.846 bits per heavy atom. The molecule has 0 saturated heterocycles. The molecule has 0 unspecified atom stereocenters. The van der Waals surface area contributed by atoms with Crippen LogP contribution in [0.2, 0.25) is 0 Å². The van der Waals surface area contributed by atoms with Crippen LogP contribution in [0.5, 0.6) is 0 Å². The summed E-state index contributed by atoms with van der Waals surface area (Å²) in [5.41, 5.74) is 0. The van der Waals surface area contributed by atoms with E-state index in [1.807, 2.05) is 0 Å². The molecule has 0 spiro atoms. The molecule has 0 bridgehead atoms. The van der Waals surface area contributed by atoms with Crippen molar-refractivity contribution in [3.8, 4) is 0 Å². The molecule has 0 aromatic heterocycles. The largest absolute Gasteiger partial charge is 1.06 e. The predicted molar refractivity (Wildman–Crippen MR) is 33.3 cm³/mol. The number of nitrogens with zero attached hydrogens (tertiary/aromatic N) is 4. The quantitative estimate of drug-likeness (QED) is 0.314. The van der Waals surface area contributed by atoms with E-state index in [1.54, 1.807) is 21.4 Å². The summed E-state index contributed by atoms with van der Waals surface area (Å²) in [4.78, 5) is 38.1. The zero-order valence-corrected chi connectivity index (χ0v) is 6.55. The molecule has 0 saturated carbocycles. The molecule has 0 rings (SSSR count). The van der Waals surface area contributed by atoms with Gasteiger partial charge in [0.1, 0.15) is 21.4 Å². The summed E-state index contributed by atoms with van der Waals surface area (Å²) in [6.07, 6.45) is 0. The molecule has 0 heterocycles. The van der Waals surface area contributed by atoms with Crippen LogP contribution >= 0.6 is 0 Å². The monoisotopic (exact) mass is 212 g/mol. The van der Waals surface area contributed by atoms with Crippen molar-refractivity contribution in [3.05, 3.63) is 19.6 Å². The van der Waals surface area contributed by atoms with Crippen molar-refractivity contribution in [2.75, 3.05) is 0 Å². The van der Waals surface area contributed by atoms with Gasteiger partial charge < -0.3 is 18.1 Å². The molecular weight excluding hydrogens is 212 g/mol. The minimum absolute atomic E-state index is 1.70. The van der Waals surface area contributed by atoms with Gasteiger partial charge in [0, 0.05) is 0 Å². The Morgan fingerprint density at radius 3 is 1.00 bits per heavy atom. The van der Waals surface area contributed by atoms with Crippen LogP contribution in [0.25, 0.3) is 0 Å². The van der Waals surface area contributed by atoms with E-state index in [-0.39, 0.29) is 0 Å². The highest BCUT2D eigenvalue weighted by atomic mass is 28.4. The molecule has 0 fully saturated rings. The second-order valence-corrected chi connectivity index (χ2v) is 2.89. The summed E-state index contributed by atoms with van der Waals surface area (Å²) in [7, 11) is -4.71. The van der Waals surface area contributed by atoms with Gasteiger partial charge in [-0.25, -0.2) is 0 Å². The van der Waals surface area contributed by atoms with E-state index in [9.17, 15) is 19.6 Å². The SMILES string of the molecule is O=NO[Si](ON=O)(ON=O)ON=O.